The van der Waals surface area contributed by atoms with E-state index < -0.39 is 12.1 Å². The lowest BCUT2D eigenvalue weighted by Gasteiger charge is -2.23. The van der Waals surface area contributed by atoms with E-state index in [0.29, 0.717) is 41.7 Å². The second-order valence-electron chi connectivity index (χ2n) is 7.88. The summed E-state index contributed by atoms with van der Waals surface area (Å²) < 4.78 is 0. The number of hydrogen-bond donors (Lipinski definition) is 2. The first-order chi connectivity index (χ1) is 15.8. The average molecular weight is 487 g/mol. The number of aromatic nitrogens is 1. The third-order valence-corrected chi connectivity index (χ3v) is 6.67. The second kappa shape index (κ2) is 11.9. The zero-order chi connectivity index (χ0) is 23.8. The van der Waals surface area contributed by atoms with Crippen molar-refractivity contribution in [2.75, 3.05) is 11.4 Å². The van der Waals surface area contributed by atoms with Gasteiger partial charge in [-0.25, -0.2) is 4.98 Å². The molecule has 0 spiro atoms. The van der Waals surface area contributed by atoms with Gasteiger partial charge in [-0.1, -0.05) is 60.1 Å². The maximum Gasteiger partial charge on any atom is 0.303 e. The molecule has 0 bridgehead atoms. The number of benzene rings is 2. The van der Waals surface area contributed by atoms with Gasteiger partial charge in [0.2, 0.25) is 5.91 Å². The fourth-order valence-electron chi connectivity index (χ4n) is 3.74. The van der Waals surface area contributed by atoms with Gasteiger partial charge in [0.05, 0.1) is 11.8 Å². The molecule has 2 N–H and O–H groups in total. The summed E-state index contributed by atoms with van der Waals surface area (Å²) in [7, 11) is 0. The van der Waals surface area contributed by atoms with Crippen LogP contribution < -0.4 is 4.90 Å². The minimum Gasteiger partial charge on any atom is -0.481 e. The lowest BCUT2D eigenvalue weighted by molar-refractivity contribution is -0.137. The molecule has 0 radical (unpaired) electrons. The monoisotopic (exact) mass is 486 g/mol. The van der Waals surface area contributed by atoms with Crippen LogP contribution in [-0.2, 0) is 9.59 Å². The van der Waals surface area contributed by atoms with Crippen LogP contribution in [0.2, 0.25) is 5.02 Å². The average Bonchev–Trinajstić information content (AvgIpc) is 3.26. The molecule has 0 saturated heterocycles. The highest BCUT2D eigenvalue weighted by molar-refractivity contribution is 7.14. The van der Waals surface area contributed by atoms with Crippen LogP contribution in [0.3, 0.4) is 0 Å². The summed E-state index contributed by atoms with van der Waals surface area (Å²) in [5.74, 6) is -1.09. The molecule has 1 unspecified atom stereocenters. The number of carbonyl (C=O) groups excluding carboxylic acids is 1. The second-order valence-corrected chi connectivity index (χ2v) is 9.13. The summed E-state index contributed by atoms with van der Waals surface area (Å²) in [4.78, 5) is 29.5. The van der Waals surface area contributed by atoms with Gasteiger partial charge in [-0.15, -0.1) is 11.3 Å². The number of hydrogen-bond acceptors (Lipinski definition) is 5. The van der Waals surface area contributed by atoms with Gasteiger partial charge in [0.25, 0.3) is 0 Å². The van der Waals surface area contributed by atoms with Gasteiger partial charge in [0.15, 0.2) is 5.13 Å². The van der Waals surface area contributed by atoms with Crippen LogP contribution in [0.4, 0.5) is 5.13 Å². The standard InChI is InChI=1S/C25H27ClN2O4S/c1-17(29)28(25-27-23(16-33-25)21-9-5-6-10-22(21)26)14-13-20(30)15-19(11-12-24(31)32)18-7-3-2-4-8-18/h2-10,16,19-20,30H,11-15H2,1H3,(H,31,32)/t19-,20?/m1/s1. The van der Waals surface area contributed by atoms with E-state index in [1.54, 1.807) is 11.0 Å². The summed E-state index contributed by atoms with van der Waals surface area (Å²) in [5, 5.41) is 22.8. The van der Waals surface area contributed by atoms with Crippen molar-refractivity contribution >= 4 is 39.9 Å². The summed E-state index contributed by atoms with van der Waals surface area (Å²) in [5.41, 5.74) is 2.50. The molecule has 174 valence electrons. The van der Waals surface area contributed by atoms with E-state index in [1.165, 1.54) is 18.3 Å². The van der Waals surface area contributed by atoms with Crippen LogP contribution in [0.25, 0.3) is 11.3 Å². The molecular weight excluding hydrogens is 460 g/mol. The van der Waals surface area contributed by atoms with E-state index >= 15 is 0 Å². The molecule has 0 aliphatic carbocycles. The number of amides is 1. The Bertz CT molecular complexity index is 1070. The summed E-state index contributed by atoms with van der Waals surface area (Å²) >= 11 is 7.62. The Morgan fingerprint density at radius 3 is 2.45 bits per heavy atom. The SMILES string of the molecule is CC(=O)N(CCC(O)C[C@@H](CCC(=O)O)c1ccccc1)c1nc(-c2ccccc2Cl)cs1. The van der Waals surface area contributed by atoms with Crippen LogP contribution in [0.15, 0.2) is 60.0 Å². The van der Waals surface area contributed by atoms with E-state index in [9.17, 15) is 14.7 Å². The zero-order valence-electron chi connectivity index (χ0n) is 18.4. The molecule has 1 heterocycles. The lowest BCUT2D eigenvalue weighted by atomic mass is 9.88. The first-order valence-electron chi connectivity index (χ1n) is 10.8. The Balaban J connectivity index is 1.66. The number of aliphatic carboxylic acids is 1. The van der Waals surface area contributed by atoms with Gasteiger partial charge in [-0.3, -0.25) is 14.5 Å². The predicted molar refractivity (Wildman–Crippen MR) is 132 cm³/mol. The van der Waals surface area contributed by atoms with Gasteiger partial charge >= 0.3 is 5.97 Å². The Kier molecular flexibility index (Phi) is 9.00. The van der Waals surface area contributed by atoms with Gasteiger partial charge in [-0.05, 0) is 36.8 Å². The number of carboxylic acid groups (broad SMARTS) is 1. The van der Waals surface area contributed by atoms with E-state index in [0.717, 1.165) is 11.1 Å². The molecule has 0 fully saturated rings. The molecule has 6 nitrogen and oxygen atoms in total. The fraction of sp³-hybridized carbons (Fsp3) is 0.320. The normalized spacial score (nSPS) is 12.8. The summed E-state index contributed by atoms with van der Waals surface area (Å²) in [6.45, 7) is 1.79. The predicted octanol–water partition coefficient (Wildman–Crippen LogP) is 5.61. The van der Waals surface area contributed by atoms with Crippen molar-refractivity contribution in [1.29, 1.82) is 0 Å². The smallest absolute Gasteiger partial charge is 0.303 e. The molecule has 33 heavy (non-hydrogen) atoms. The Morgan fingerprint density at radius 1 is 1.09 bits per heavy atom. The highest BCUT2D eigenvalue weighted by Gasteiger charge is 2.21. The third-order valence-electron chi connectivity index (χ3n) is 5.47. The molecule has 8 heteroatoms. The van der Waals surface area contributed by atoms with Gasteiger partial charge in [-0.2, -0.15) is 0 Å². The third kappa shape index (κ3) is 7.12. The van der Waals surface area contributed by atoms with E-state index in [2.05, 4.69) is 4.98 Å². The number of aliphatic hydroxyl groups is 1. The number of thiazole rings is 1. The zero-order valence-corrected chi connectivity index (χ0v) is 19.9. The van der Waals surface area contributed by atoms with Crippen molar-refractivity contribution in [2.24, 2.45) is 0 Å². The number of halogens is 1. The van der Waals surface area contributed by atoms with Crippen LogP contribution in [0.1, 0.15) is 44.1 Å². The number of carbonyl (C=O) groups is 2. The van der Waals surface area contributed by atoms with Crippen molar-refractivity contribution in [2.45, 2.75) is 44.6 Å². The largest absolute Gasteiger partial charge is 0.481 e. The Hall–Kier alpha value is -2.74. The maximum absolute atomic E-state index is 12.3. The molecule has 3 rings (SSSR count). The summed E-state index contributed by atoms with van der Waals surface area (Å²) in [6.07, 6.45) is 0.577. The van der Waals surface area contributed by atoms with Crippen LogP contribution >= 0.6 is 22.9 Å². The quantitative estimate of drug-likeness (QED) is 0.368. The van der Waals surface area contributed by atoms with E-state index in [1.807, 2.05) is 53.9 Å². The lowest BCUT2D eigenvalue weighted by Crippen LogP contribution is -2.32. The molecule has 3 aromatic rings. The molecule has 1 amide bonds. The Morgan fingerprint density at radius 2 is 1.79 bits per heavy atom. The molecule has 0 aliphatic heterocycles. The van der Waals surface area contributed by atoms with Crippen molar-refractivity contribution in [3.05, 3.63) is 70.6 Å². The van der Waals surface area contributed by atoms with Gasteiger partial charge in [0, 0.05) is 35.9 Å². The molecular formula is C25H27ClN2O4S. The molecule has 0 aliphatic rings. The topological polar surface area (TPSA) is 90.7 Å². The van der Waals surface area contributed by atoms with Crippen LogP contribution in [-0.4, -0.2) is 39.7 Å². The number of nitrogens with zero attached hydrogens (tertiary/aromatic N) is 2. The van der Waals surface area contributed by atoms with Crippen LogP contribution in [0, 0.1) is 0 Å². The van der Waals surface area contributed by atoms with Gasteiger partial charge in [0.1, 0.15) is 0 Å². The summed E-state index contributed by atoms with van der Waals surface area (Å²) in [6, 6.07) is 17.0. The Labute approximate surface area is 202 Å². The number of aliphatic hydroxyl groups excluding tert-OH is 1. The highest BCUT2D eigenvalue weighted by atomic mass is 35.5. The molecule has 2 atom stereocenters. The highest BCUT2D eigenvalue weighted by Crippen LogP contribution is 2.32. The first-order valence-corrected chi connectivity index (χ1v) is 12.0. The number of anilines is 1. The molecule has 0 saturated carbocycles. The molecule has 1 aromatic heterocycles. The minimum absolute atomic E-state index is 0.0375. The number of carboxylic acids is 1. The fourth-order valence-corrected chi connectivity index (χ4v) is 4.86. The van der Waals surface area contributed by atoms with E-state index in [4.69, 9.17) is 16.7 Å². The van der Waals surface area contributed by atoms with Crippen LogP contribution in [0.5, 0.6) is 0 Å². The first kappa shape index (κ1) is 24.9. The van der Waals surface area contributed by atoms with Crippen molar-refractivity contribution in [3.8, 4) is 11.3 Å². The van der Waals surface area contributed by atoms with Crippen molar-refractivity contribution in [3.63, 3.8) is 0 Å². The number of rotatable bonds is 11. The van der Waals surface area contributed by atoms with Crippen molar-refractivity contribution < 1.29 is 19.8 Å². The maximum atomic E-state index is 12.3. The minimum atomic E-state index is -0.855. The van der Waals surface area contributed by atoms with E-state index in [-0.39, 0.29) is 18.2 Å². The molecule has 2 aromatic carbocycles. The van der Waals surface area contributed by atoms with Crippen molar-refractivity contribution in [1.82, 2.24) is 4.98 Å². The van der Waals surface area contributed by atoms with Gasteiger partial charge < -0.3 is 10.2 Å².